The van der Waals surface area contributed by atoms with Gasteiger partial charge in [-0.05, 0) is 62.6 Å². The summed E-state index contributed by atoms with van der Waals surface area (Å²) in [5.41, 5.74) is 2.63. The van der Waals surface area contributed by atoms with E-state index in [0.29, 0.717) is 24.7 Å². The van der Waals surface area contributed by atoms with Crippen molar-refractivity contribution in [1.29, 1.82) is 0 Å². The lowest BCUT2D eigenvalue weighted by Crippen LogP contribution is -2.41. The zero-order valence-corrected chi connectivity index (χ0v) is 20.3. The van der Waals surface area contributed by atoms with Gasteiger partial charge in [0.05, 0.1) is 0 Å². The van der Waals surface area contributed by atoms with Crippen molar-refractivity contribution in [2.24, 2.45) is 0 Å². The third kappa shape index (κ3) is 6.60. The Balaban J connectivity index is 1.29. The van der Waals surface area contributed by atoms with E-state index in [0.717, 1.165) is 37.2 Å². The van der Waals surface area contributed by atoms with E-state index in [1.54, 1.807) is 0 Å². The van der Waals surface area contributed by atoms with Gasteiger partial charge in [-0.3, -0.25) is 4.79 Å². The minimum Gasteiger partial charge on any atom is -0.351 e. The van der Waals surface area contributed by atoms with E-state index in [2.05, 4.69) is 28.6 Å². The Labute approximate surface area is 203 Å². The smallest absolute Gasteiger partial charge is 0.321 e. The molecular weight excluding hydrogens is 424 g/mol. The van der Waals surface area contributed by atoms with Crippen molar-refractivity contribution >= 4 is 17.6 Å². The van der Waals surface area contributed by atoms with Crippen LogP contribution >= 0.6 is 0 Å². The number of hydrogen-bond acceptors (Lipinski definition) is 3. The normalized spacial score (nSPS) is 19.1. The number of para-hydroxylation sites is 1. The van der Waals surface area contributed by atoms with Crippen molar-refractivity contribution in [3.63, 3.8) is 0 Å². The molecule has 0 bridgehead atoms. The second-order valence-electron chi connectivity index (χ2n) is 9.74. The first-order valence-corrected chi connectivity index (χ1v) is 12.8. The number of nitrogens with zero attached hydrogens (tertiary/aromatic N) is 2. The molecule has 3 amide bonds. The van der Waals surface area contributed by atoms with Crippen LogP contribution in [0, 0.1) is 0 Å². The van der Waals surface area contributed by atoms with Gasteiger partial charge in [-0.2, -0.15) is 0 Å². The lowest BCUT2D eigenvalue weighted by Gasteiger charge is -2.33. The van der Waals surface area contributed by atoms with Crippen LogP contribution in [0.3, 0.4) is 0 Å². The van der Waals surface area contributed by atoms with E-state index in [1.807, 2.05) is 53.4 Å². The molecule has 1 aliphatic carbocycles. The molecule has 2 aromatic rings. The SMILES string of the molecule is CN(CCNC(=O)c1cccc([C@H]2CCCN(C(=O)Nc3ccccc3)C2)c1)C1CCCCC1. The summed E-state index contributed by atoms with van der Waals surface area (Å²) in [4.78, 5) is 29.8. The van der Waals surface area contributed by atoms with Crippen LogP contribution in [0.4, 0.5) is 10.5 Å². The van der Waals surface area contributed by atoms with Crippen molar-refractivity contribution in [3.05, 3.63) is 65.7 Å². The zero-order valence-electron chi connectivity index (χ0n) is 20.3. The molecule has 4 rings (SSSR count). The summed E-state index contributed by atoms with van der Waals surface area (Å²) in [7, 11) is 2.17. The number of anilines is 1. The molecule has 6 heteroatoms. The molecule has 1 heterocycles. The molecule has 1 saturated carbocycles. The average Bonchev–Trinajstić information content (AvgIpc) is 2.90. The van der Waals surface area contributed by atoms with Crippen LogP contribution < -0.4 is 10.6 Å². The topological polar surface area (TPSA) is 64.7 Å². The Bertz CT molecular complexity index is 942. The molecule has 0 unspecified atom stereocenters. The summed E-state index contributed by atoms with van der Waals surface area (Å²) in [6.07, 6.45) is 8.51. The summed E-state index contributed by atoms with van der Waals surface area (Å²) in [5, 5.41) is 6.09. The molecule has 182 valence electrons. The van der Waals surface area contributed by atoms with Crippen LogP contribution in [0.1, 0.15) is 66.8 Å². The quantitative estimate of drug-likeness (QED) is 0.602. The monoisotopic (exact) mass is 462 g/mol. The third-order valence-electron chi connectivity index (χ3n) is 7.30. The summed E-state index contributed by atoms with van der Waals surface area (Å²) in [6.45, 7) is 2.96. The van der Waals surface area contributed by atoms with Crippen molar-refractivity contribution in [2.75, 3.05) is 38.5 Å². The van der Waals surface area contributed by atoms with Gasteiger partial charge in [0.1, 0.15) is 0 Å². The molecule has 2 aromatic carbocycles. The molecule has 1 saturated heterocycles. The van der Waals surface area contributed by atoms with Gasteiger partial charge < -0.3 is 20.4 Å². The van der Waals surface area contributed by atoms with Crippen LogP contribution in [0.2, 0.25) is 0 Å². The number of carbonyl (C=O) groups excluding carboxylic acids is 2. The maximum atomic E-state index is 12.8. The molecule has 34 heavy (non-hydrogen) atoms. The molecule has 2 N–H and O–H groups in total. The largest absolute Gasteiger partial charge is 0.351 e. The Morgan fingerprint density at radius 1 is 0.971 bits per heavy atom. The Kier molecular flexibility index (Phi) is 8.58. The van der Waals surface area contributed by atoms with Gasteiger partial charge in [0.25, 0.3) is 5.91 Å². The van der Waals surface area contributed by atoms with Crippen molar-refractivity contribution in [2.45, 2.75) is 56.9 Å². The van der Waals surface area contributed by atoms with Gasteiger partial charge in [0, 0.05) is 49.4 Å². The minimum absolute atomic E-state index is 0.0200. The first-order chi connectivity index (χ1) is 16.6. The maximum absolute atomic E-state index is 12.8. The standard InChI is InChI=1S/C28H38N4O2/c1-31(26-15-6-3-7-16-26)19-17-29-27(33)23-11-8-10-22(20-23)24-12-9-18-32(21-24)28(34)30-25-13-4-2-5-14-25/h2,4-5,8,10-11,13-14,20,24,26H,3,6-7,9,12,15-19,21H2,1H3,(H,29,33)(H,30,34)/t24-/m0/s1. The number of rotatable bonds is 7. The van der Waals surface area contributed by atoms with E-state index in [4.69, 9.17) is 0 Å². The first kappa shape index (κ1) is 24.3. The van der Waals surface area contributed by atoms with Gasteiger partial charge in [-0.15, -0.1) is 0 Å². The molecule has 1 atom stereocenters. The molecule has 1 aliphatic heterocycles. The average molecular weight is 463 g/mol. The number of piperidine rings is 1. The number of carbonyl (C=O) groups is 2. The van der Waals surface area contributed by atoms with Gasteiger partial charge in [-0.25, -0.2) is 4.79 Å². The van der Waals surface area contributed by atoms with E-state index >= 15 is 0 Å². The predicted octanol–water partition coefficient (Wildman–Crippen LogP) is 5.09. The second-order valence-corrected chi connectivity index (χ2v) is 9.74. The van der Waals surface area contributed by atoms with Gasteiger partial charge in [0.2, 0.25) is 0 Å². The highest BCUT2D eigenvalue weighted by Crippen LogP contribution is 2.28. The van der Waals surface area contributed by atoms with Gasteiger partial charge in [-0.1, -0.05) is 49.6 Å². The van der Waals surface area contributed by atoms with Crippen molar-refractivity contribution < 1.29 is 9.59 Å². The van der Waals surface area contributed by atoms with Crippen molar-refractivity contribution in [3.8, 4) is 0 Å². The molecular formula is C28H38N4O2. The highest BCUT2D eigenvalue weighted by molar-refractivity contribution is 5.94. The lowest BCUT2D eigenvalue weighted by molar-refractivity contribution is 0.0944. The fraction of sp³-hybridized carbons (Fsp3) is 0.500. The highest BCUT2D eigenvalue weighted by Gasteiger charge is 2.25. The number of amides is 3. The van der Waals surface area contributed by atoms with Crippen LogP contribution in [0.5, 0.6) is 0 Å². The lowest BCUT2D eigenvalue weighted by atomic mass is 9.89. The number of nitrogens with one attached hydrogen (secondary N) is 2. The van der Waals surface area contributed by atoms with E-state index in [9.17, 15) is 9.59 Å². The van der Waals surface area contributed by atoms with Crippen LogP contribution in [0.25, 0.3) is 0 Å². The van der Waals surface area contributed by atoms with E-state index in [1.165, 1.54) is 32.1 Å². The maximum Gasteiger partial charge on any atom is 0.321 e. The minimum atomic E-state index is -0.0631. The molecule has 0 radical (unpaired) electrons. The molecule has 0 spiro atoms. The summed E-state index contributed by atoms with van der Waals surface area (Å²) in [6, 6.07) is 18.1. The van der Waals surface area contributed by atoms with Gasteiger partial charge >= 0.3 is 6.03 Å². The van der Waals surface area contributed by atoms with Gasteiger partial charge in [0.15, 0.2) is 0 Å². The fourth-order valence-corrected chi connectivity index (χ4v) is 5.24. The number of hydrogen-bond donors (Lipinski definition) is 2. The van der Waals surface area contributed by atoms with E-state index in [-0.39, 0.29) is 17.9 Å². The third-order valence-corrected chi connectivity index (χ3v) is 7.30. The number of likely N-dealkylation sites (N-methyl/N-ethyl adjacent to an activating group) is 1. The van der Waals surface area contributed by atoms with Crippen LogP contribution in [-0.2, 0) is 0 Å². The zero-order chi connectivity index (χ0) is 23.8. The summed E-state index contributed by atoms with van der Waals surface area (Å²) in [5.74, 6) is 0.217. The number of benzene rings is 2. The molecule has 2 aliphatic rings. The fourth-order valence-electron chi connectivity index (χ4n) is 5.24. The molecule has 2 fully saturated rings. The molecule has 6 nitrogen and oxygen atoms in total. The summed E-state index contributed by atoms with van der Waals surface area (Å²) >= 11 is 0. The second kappa shape index (κ2) is 12.0. The van der Waals surface area contributed by atoms with Crippen LogP contribution in [0.15, 0.2) is 54.6 Å². The first-order valence-electron chi connectivity index (χ1n) is 12.8. The van der Waals surface area contributed by atoms with E-state index < -0.39 is 0 Å². The highest BCUT2D eigenvalue weighted by atomic mass is 16.2. The van der Waals surface area contributed by atoms with Crippen molar-refractivity contribution in [1.82, 2.24) is 15.1 Å². The summed E-state index contributed by atoms with van der Waals surface area (Å²) < 4.78 is 0. The number of urea groups is 1. The van der Waals surface area contributed by atoms with Crippen LogP contribution in [-0.4, -0.2) is 61.0 Å². The predicted molar refractivity (Wildman–Crippen MR) is 137 cm³/mol. The Hall–Kier alpha value is -2.86. The number of likely N-dealkylation sites (tertiary alicyclic amines) is 1. The Morgan fingerprint density at radius 3 is 2.56 bits per heavy atom. The Morgan fingerprint density at radius 2 is 1.76 bits per heavy atom. The molecule has 0 aromatic heterocycles.